The van der Waals surface area contributed by atoms with Crippen molar-refractivity contribution < 1.29 is 19.4 Å². The fraction of sp³-hybridized carbons (Fsp3) is 0.0952. The van der Waals surface area contributed by atoms with Crippen molar-refractivity contribution in [1.82, 2.24) is 0 Å². The number of rotatable bonds is 7. The van der Waals surface area contributed by atoms with E-state index in [4.69, 9.17) is 9.47 Å². The van der Waals surface area contributed by atoms with E-state index in [9.17, 15) is 9.90 Å². The van der Waals surface area contributed by atoms with Crippen molar-refractivity contribution in [3.05, 3.63) is 89.5 Å². The third-order valence-corrected chi connectivity index (χ3v) is 3.72. The molecule has 0 saturated heterocycles. The summed E-state index contributed by atoms with van der Waals surface area (Å²) in [5.41, 5.74) is 2.11. The molecule has 0 aliphatic carbocycles. The molecule has 0 aliphatic heterocycles. The van der Waals surface area contributed by atoms with Crippen molar-refractivity contribution in [3.63, 3.8) is 0 Å². The standard InChI is InChI=1S/C21H18O4/c22-13-18-11-12-19(24-14-16-7-3-1-4-8-16)21(20(18)23)25-15-17-9-5-2-6-10-17/h1-13,23H,14-15H2. The van der Waals surface area contributed by atoms with Crippen LogP contribution in [-0.2, 0) is 13.2 Å². The third kappa shape index (κ3) is 4.18. The van der Waals surface area contributed by atoms with Crippen LogP contribution in [0.2, 0.25) is 0 Å². The highest BCUT2D eigenvalue weighted by Crippen LogP contribution is 2.39. The molecule has 4 heteroatoms. The average molecular weight is 334 g/mol. The lowest BCUT2D eigenvalue weighted by atomic mass is 10.2. The van der Waals surface area contributed by atoms with E-state index < -0.39 is 0 Å². The summed E-state index contributed by atoms with van der Waals surface area (Å²) in [4.78, 5) is 11.1. The lowest BCUT2D eigenvalue weighted by molar-refractivity contribution is 0.111. The second-order valence-corrected chi connectivity index (χ2v) is 5.50. The number of carbonyl (C=O) groups excluding carboxylic acids is 1. The molecule has 4 nitrogen and oxygen atoms in total. The number of benzene rings is 3. The minimum atomic E-state index is -0.212. The summed E-state index contributed by atoms with van der Waals surface area (Å²) in [7, 11) is 0. The highest BCUT2D eigenvalue weighted by Gasteiger charge is 2.15. The van der Waals surface area contributed by atoms with Crippen molar-refractivity contribution in [3.8, 4) is 17.2 Å². The lowest BCUT2D eigenvalue weighted by Crippen LogP contribution is -2.02. The molecule has 0 amide bonds. The lowest BCUT2D eigenvalue weighted by Gasteiger charge is -2.15. The number of hydrogen-bond acceptors (Lipinski definition) is 4. The zero-order chi connectivity index (χ0) is 17.5. The fourth-order valence-corrected chi connectivity index (χ4v) is 2.38. The van der Waals surface area contributed by atoms with Crippen LogP contribution in [0.1, 0.15) is 21.5 Å². The van der Waals surface area contributed by atoms with Crippen molar-refractivity contribution in [2.45, 2.75) is 13.2 Å². The van der Waals surface area contributed by atoms with Gasteiger partial charge in [-0.1, -0.05) is 60.7 Å². The summed E-state index contributed by atoms with van der Waals surface area (Å²) in [6, 6.07) is 22.4. The molecule has 0 aromatic heterocycles. The van der Waals surface area contributed by atoms with Crippen LogP contribution in [0.15, 0.2) is 72.8 Å². The van der Waals surface area contributed by atoms with Gasteiger partial charge in [0.15, 0.2) is 17.8 Å². The van der Waals surface area contributed by atoms with Crippen molar-refractivity contribution in [1.29, 1.82) is 0 Å². The molecule has 0 unspecified atom stereocenters. The molecule has 25 heavy (non-hydrogen) atoms. The van der Waals surface area contributed by atoms with E-state index in [1.54, 1.807) is 6.07 Å². The molecule has 0 radical (unpaired) electrons. The van der Waals surface area contributed by atoms with Gasteiger partial charge in [0.05, 0.1) is 5.56 Å². The monoisotopic (exact) mass is 334 g/mol. The molecular weight excluding hydrogens is 316 g/mol. The molecule has 0 fully saturated rings. The number of aromatic hydroxyl groups is 1. The molecule has 0 heterocycles. The van der Waals surface area contributed by atoms with Gasteiger partial charge in [-0.25, -0.2) is 0 Å². The molecule has 3 rings (SSSR count). The first-order valence-electron chi connectivity index (χ1n) is 7.92. The highest BCUT2D eigenvalue weighted by atomic mass is 16.5. The summed E-state index contributed by atoms with van der Waals surface area (Å²) >= 11 is 0. The van der Waals surface area contributed by atoms with E-state index in [1.807, 2.05) is 60.7 Å². The first-order chi connectivity index (χ1) is 12.3. The summed E-state index contributed by atoms with van der Waals surface area (Å²) < 4.78 is 11.5. The maximum absolute atomic E-state index is 11.1. The van der Waals surface area contributed by atoms with Gasteiger partial charge >= 0.3 is 0 Å². The van der Waals surface area contributed by atoms with E-state index in [0.717, 1.165) is 11.1 Å². The van der Waals surface area contributed by atoms with E-state index in [0.29, 0.717) is 18.6 Å². The van der Waals surface area contributed by atoms with Crippen LogP contribution in [0, 0.1) is 0 Å². The van der Waals surface area contributed by atoms with Gasteiger partial charge in [0.25, 0.3) is 0 Å². The van der Waals surface area contributed by atoms with E-state index in [2.05, 4.69) is 0 Å². The molecule has 1 N–H and O–H groups in total. The van der Waals surface area contributed by atoms with E-state index in [1.165, 1.54) is 6.07 Å². The Morgan fingerprint density at radius 1 is 0.760 bits per heavy atom. The minimum absolute atomic E-state index is 0.162. The quantitative estimate of drug-likeness (QED) is 0.652. The van der Waals surface area contributed by atoms with Crippen LogP contribution in [-0.4, -0.2) is 11.4 Å². The number of phenolic OH excluding ortho intramolecular Hbond substituents is 1. The predicted molar refractivity (Wildman–Crippen MR) is 95.0 cm³/mol. The Morgan fingerprint density at radius 2 is 1.32 bits per heavy atom. The molecule has 0 aliphatic rings. The van der Waals surface area contributed by atoms with Crippen LogP contribution in [0.4, 0.5) is 0 Å². The zero-order valence-electron chi connectivity index (χ0n) is 13.6. The van der Waals surface area contributed by atoms with Crippen molar-refractivity contribution >= 4 is 6.29 Å². The summed E-state index contributed by atoms with van der Waals surface area (Å²) in [5, 5.41) is 10.3. The minimum Gasteiger partial charge on any atom is -0.504 e. The molecule has 0 saturated carbocycles. The summed E-state index contributed by atoms with van der Waals surface area (Å²) in [6.07, 6.45) is 0.589. The predicted octanol–water partition coefficient (Wildman–Crippen LogP) is 4.36. The van der Waals surface area contributed by atoms with Crippen LogP contribution < -0.4 is 9.47 Å². The average Bonchev–Trinajstić information content (AvgIpc) is 2.67. The van der Waals surface area contributed by atoms with Crippen LogP contribution in [0.25, 0.3) is 0 Å². The van der Waals surface area contributed by atoms with Crippen LogP contribution in [0.5, 0.6) is 17.2 Å². The van der Waals surface area contributed by atoms with Crippen LogP contribution >= 0.6 is 0 Å². The largest absolute Gasteiger partial charge is 0.504 e. The molecule has 3 aromatic carbocycles. The Balaban J connectivity index is 1.81. The Labute approximate surface area is 146 Å². The normalized spacial score (nSPS) is 10.2. The van der Waals surface area contributed by atoms with E-state index in [-0.39, 0.29) is 23.7 Å². The van der Waals surface area contributed by atoms with Gasteiger partial charge in [-0.15, -0.1) is 0 Å². The highest BCUT2D eigenvalue weighted by molar-refractivity contribution is 5.82. The van der Waals surface area contributed by atoms with Gasteiger partial charge in [-0.3, -0.25) is 4.79 Å². The Hall–Kier alpha value is -3.27. The Kier molecular flexibility index (Phi) is 5.32. The maximum Gasteiger partial charge on any atom is 0.204 e. The number of hydrogen-bond donors (Lipinski definition) is 1. The molecule has 0 atom stereocenters. The Bertz CT molecular complexity index is 829. The van der Waals surface area contributed by atoms with Gasteiger partial charge in [0.2, 0.25) is 5.75 Å². The summed E-state index contributed by atoms with van der Waals surface area (Å²) in [6.45, 7) is 0.598. The van der Waals surface area contributed by atoms with Gasteiger partial charge in [-0.2, -0.15) is 0 Å². The SMILES string of the molecule is O=Cc1ccc(OCc2ccccc2)c(OCc2ccccc2)c1O. The van der Waals surface area contributed by atoms with Gasteiger partial charge in [0, 0.05) is 0 Å². The summed E-state index contributed by atoms with van der Waals surface area (Å²) in [5.74, 6) is 0.351. The molecule has 0 spiro atoms. The zero-order valence-corrected chi connectivity index (χ0v) is 13.6. The fourth-order valence-electron chi connectivity index (χ4n) is 2.38. The van der Waals surface area contributed by atoms with Crippen molar-refractivity contribution in [2.24, 2.45) is 0 Å². The first kappa shape index (κ1) is 16.6. The Morgan fingerprint density at radius 3 is 1.88 bits per heavy atom. The smallest absolute Gasteiger partial charge is 0.204 e. The number of aldehydes is 1. The third-order valence-electron chi connectivity index (χ3n) is 3.72. The molecule has 0 bridgehead atoms. The second-order valence-electron chi connectivity index (χ2n) is 5.50. The molecule has 126 valence electrons. The van der Waals surface area contributed by atoms with Crippen LogP contribution in [0.3, 0.4) is 0 Å². The number of ether oxygens (including phenoxy) is 2. The topological polar surface area (TPSA) is 55.8 Å². The maximum atomic E-state index is 11.1. The van der Waals surface area contributed by atoms with Gasteiger partial charge in [-0.05, 0) is 23.3 Å². The molecule has 3 aromatic rings. The van der Waals surface area contributed by atoms with Crippen molar-refractivity contribution in [2.75, 3.05) is 0 Å². The van der Waals surface area contributed by atoms with E-state index >= 15 is 0 Å². The first-order valence-corrected chi connectivity index (χ1v) is 7.92. The number of carbonyl (C=O) groups is 1. The molecular formula is C21H18O4. The second kappa shape index (κ2) is 8.02. The van der Waals surface area contributed by atoms with Gasteiger partial charge in [0.1, 0.15) is 13.2 Å². The number of phenols is 1. The van der Waals surface area contributed by atoms with Gasteiger partial charge < -0.3 is 14.6 Å².